The minimum absolute atomic E-state index is 0.0567. The van der Waals surface area contributed by atoms with Crippen molar-refractivity contribution < 1.29 is 28.7 Å². The van der Waals surface area contributed by atoms with Gasteiger partial charge in [0, 0.05) is 32.6 Å². The first-order chi connectivity index (χ1) is 18.0. The molecule has 0 aromatic rings. The van der Waals surface area contributed by atoms with Crippen LogP contribution in [0.25, 0.3) is 0 Å². The molecular weight excluding hydrogens is 486 g/mol. The summed E-state index contributed by atoms with van der Waals surface area (Å²) in [5.74, 6) is 1.93. The van der Waals surface area contributed by atoms with Gasteiger partial charge in [0.25, 0.3) is 0 Å². The van der Waals surface area contributed by atoms with Gasteiger partial charge < -0.3 is 24.6 Å². The van der Waals surface area contributed by atoms with Crippen LogP contribution in [0.1, 0.15) is 91.9 Å². The molecule has 2 saturated heterocycles. The first-order valence-corrected chi connectivity index (χ1v) is 14.2. The lowest BCUT2D eigenvalue weighted by molar-refractivity contribution is -0.144. The highest BCUT2D eigenvalue weighted by atomic mass is 16.6. The lowest BCUT2D eigenvalue weighted by atomic mass is 9.91. The number of amides is 3. The van der Waals surface area contributed by atoms with Crippen molar-refractivity contribution in [3.63, 3.8) is 0 Å². The van der Waals surface area contributed by atoms with Crippen LogP contribution in [0, 0.1) is 24.2 Å². The van der Waals surface area contributed by atoms with Crippen molar-refractivity contribution in [2.24, 2.45) is 11.8 Å². The zero-order valence-corrected chi connectivity index (χ0v) is 23.8. The molecular formula is C29H47N3O6. The number of esters is 1. The maximum absolute atomic E-state index is 12.9. The van der Waals surface area contributed by atoms with Crippen molar-refractivity contribution in [3.8, 4) is 12.3 Å². The number of piperidine rings is 2. The van der Waals surface area contributed by atoms with Gasteiger partial charge in [0.15, 0.2) is 0 Å². The number of terminal acetylenes is 1. The molecule has 3 amide bonds. The minimum Gasteiger partial charge on any atom is -0.466 e. The summed E-state index contributed by atoms with van der Waals surface area (Å²) in [5, 5.41) is 2.78. The quantitative estimate of drug-likeness (QED) is 0.245. The summed E-state index contributed by atoms with van der Waals surface area (Å²) in [4.78, 5) is 53.6. The summed E-state index contributed by atoms with van der Waals surface area (Å²) in [6.45, 7) is 10.3. The van der Waals surface area contributed by atoms with Gasteiger partial charge in [-0.15, -0.1) is 6.42 Å². The molecule has 0 spiro atoms. The van der Waals surface area contributed by atoms with Gasteiger partial charge in [-0.2, -0.15) is 0 Å². The summed E-state index contributed by atoms with van der Waals surface area (Å²) in [7, 11) is 0. The molecule has 0 radical (unpaired) electrons. The molecule has 0 aliphatic carbocycles. The molecule has 38 heavy (non-hydrogen) atoms. The number of carbonyl (C=O) groups is 4. The Hall–Kier alpha value is -2.76. The Morgan fingerprint density at radius 1 is 1.05 bits per heavy atom. The van der Waals surface area contributed by atoms with E-state index in [1.807, 2.05) is 20.8 Å². The normalized spacial score (nSPS) is 19.3. The number of likely N-dealkylation sites (tertiary alicyclic amines) is 2. The summed E-state index contributed by atoms with van der Waals surface area (Å²) in [6, 6.07) is -0.723. The van der Waals surface area contributed by atoms with Crippen LogP contribution < -0.4 is 5.32 Å². The smallest absolute Gasteiger partial charge is 0.410 e. The Labute approximate surface area is 228 Å². The van der Waals surface area contributed by atoms with Gasteiger partial charge in [-0.05, 0) is 65.2 Å². The number of nitrogens with zero attached hydrogens (tertiary/aromatic N) is 2. The van der Waals surface area contributed by atoms with Crippen molar-refractivity contribution in [1.82, 2.24) is 15.1 Å². The number of unbranched alkanes of at least 4 members (excludes halogenated alkanes) is 2. The molecule has 2 aliphatic heterocycles. The standard InChI is InChI=1S/C29H47N3O6/c1-6-8-9-19-37-26(34)20-24(7-2)30-27(35)23-11-10-16-32(21-23)25(33)13-12-22-14-17-31(18-15-22)28(36)38-29(3,4)5/h2,22-24H,6,8-21H2,1,3-5H3,(H,30,35)/t23-,24-/m1/s1. The molecule has 2 aliphatic rings. The SMILES string of the molecule is C#C[C@H](CC(=O)OCCCCC)NC(=O)[C@@H]1CCCN(C(=O)CCC2CCN(C(=O)OC(C)(C)C)CC2)C1. The van der Waals surface area contributed by atoms with Crippen molar-refractivity contribution in [1.29, 1.82) is 0 Å². The number of carbonyl (C=O) groups excluding carboxylic acids is 4. The number of rotatable bonds is 11. The maximum atomic E-state index is 12.9. The Kier molecular flexibility index (Phi) is 12.9. The second-order valence-corrected chi connectivity index (χ2v) is 11.5. The van der Waals surface area contributed by atoms with Crippen LogP contribution in [0.15, 0.2) is 0 Å². The summed E-state index contributed by atoms with van der Waals surface area (Å²) in [6.07, 6.45) is 12.4. The molecule has 0 aromatic carbocycles. The second-order valence-electron chi connectivity index (χ2n) is 11.5. The van der Waals surface area contributed by atoms with Crippen LogP contribution >= 0.6 is 0 Å². The third kappa shape index (κ3) is 11.3. The molecule has 2 atom stereocenters. The molecule has 2 heterocycles. The first-order valence-electron chi connectivity index (χ1n) is 14.2. The van der Waals surface area contributed by atoms with Crippen molar-refractivity contribution in [2.45, 2.75) is 104 Å². The van der Waals surface area contributed by atoms with Gasteiger partial charge in [-0.1, -0.05) is 25.7 Å². The largest absolute Gasteiger partial charge is 0.466 e. The third-order valence-corrected chi connectivity index (χ3v) is 7.08. The van der Waals surface area contributed by atoms with E-state index >= 15 is 0 Å². The molecule has 9 heteroatoms. The van der Waals surface area contributed by atoms with E-state index < -0.39 is 17.6 Å². The molecule has 2 rings (SSSR count). The lowest BCUT2D eigenvalue weighted by Crippen LogP contribution is -2.47. The molecule has 0 aromatic heterocycles. The van der Waals surface area contributed by atoms with Crippen molar-refractivity contribution in [2.75, 3.05) is 32.8 Å². The van der Waals surface area contributed by atoms with E-state index in [2.05, 4.69) is 18.2 Å². The summed E-state index contributed by atoms with van der Waals surface area (Å²) in [5.41, 5.74) is -0.509. The fourth-order valence-electron chi connectivity index (χ4n) is 4.84. The van der Waals surface area contributed by atoms with E-state index in [0.717, 1.165) is 44.9 Å². The van der Waals surface area contributed by atoms with Gasteiger partial charge in [-0.3, -0.25) is 14.4 Å². The van der Waals surface area contributed by atoms with Crippen LogP contribution in [-0.2, 0) is 23.9 Å². The van der Waals surface area contributed by atoms with Crippen molar-refractivity contribution in [3.05, 3.63) is 0 Å². The molecule has 0 bridgehead atoms. The second kappa shape index (κ2) is 15.6. The number of hydrogen-bond acceptors (Lipinski definition) is 6. The Bertz CT molecular complexity index is 838. The highest BCUT2D eigenvalue weighted by molar-refractivity contribution is 5.82. The van der Waals surface area contributed by atoms with Gasteiger partial charge in [-0.25, -0.2) is 4.79 Å². The molecule has 9 nitrogen and oxygen atoms in total. The highest BCUT2D eigenvalue weighted by Gasteiger charge is 2.31. The average molecular weight is 534 g/mol. The van der Waals surface area contributed by atoms with E-state index in [0.29, 0.717) is 51.5 Å². The van der Waals surface area contributed by atoms with E-state index in [4.69, 9.17) is 15.9 Å². The molecule has 1 N–H and O–H groups in total. The number of nitrogens with one attached hydrogen (secondary N) is 1. The predicted molar refractivity (Wildman–Crippen MR) is 145 cm³/mol. The monoisotopic (exact) mass is 533 g/mol. The number of hydrogen-bond donors (Lipinski definition) is 1. The van der Waals surface area contributed by atoms with Crippen LogP contribution in [-0.4, -0.2) is 78.1 Å². The van der Waals surface area contributed by atoms with Crippen LogP contribution in [0.3, 0.4) is 0 Å². The predicted octanol–water partition coefficient (Wildman–Crippen LogP) is 3.89. The van der Waals surface area contributed by atoms with E-state index in [9.17, 15) is 19.2 Å². The summed E-state index contributed by atoms with van der Waals surface area (Å²) >= 11 is 0. The minimum atomic E-state index is -0.723. The van der Waals surface area contributed by atoms with Gasteiger partial charge in [0.1, 0.15) is 11.6 Å². The fourth-order valence-corrected chi connectivity index (χ4v) is 4.84. The van der Waals surface area contributed by atoms with Crippen molar-refractivity contribution >= 4 is 23.9 Å². The van der Waals surface area contributed by atoms with E-state index in [1.165, 1.54) is 0 Å². The van der Waals surface area contributed by atoms with Gasteiger partial charge in [0.05, 0.1) is 18.9 Å². The average Bonchev–Trinajstić information content (AvgIpc) is 2.88. The third-order valence-electron chi connectivity index (χ3n) is 7.08. The molecule has 0 saturated carbocycles. The maximum Gasteiger partial charge on any atom is 0.410 e. The Morgan fingerprint density at radius 3 is 2.39 bits per heavy atom. The Morgan fingerprint density at radius 2 is 1.76 bits per heavy atom. The highest BCUT2D eigenvalue weighted by Crippen LogP contribution is 2.25. The number of ether oxygens (including phenoxy) is 2. The van der Waals surface area contributed by atoms with E-state index in [1.54, 1.807) is 9.80 Å². The fraction of sp³-hybridized carbons (Fsp3) is 0.793. The summed E-state index contributed by atoms with van der Waals surface area (Å²) < 4.78 is 10.7. The van der Waals surface area contributed by atoms with Gasteiger partial charge >= 0.3 is 12.1 Å². The Balaban J connectivity index is 1.72. The molecule has 2 fully saturated rings. The van der Waals surface area contributed by atoms with Crippen LogP contribution in [0.2, 0.25) is 0 Å². The van der Waals surface area contributed by atoms with E-state index in [-0.39, 0.29) is 30.2 Å². The zero-order chi connectivity index (χ0) is 28.1. The zero-order valence-electron chi connectivity index (χ0n) is 23.8. The topological polar surface area (TPSA) is 105 Å². The van der Waals surface area contributed by atoms with Crippen LogP contribution in [0.4, 0.5) is 4.79 Å². The molecule has 0 unspecified atom stereocenters. The lowest BCUT2D eigenvalue weighted by Gasteiger charge is -2.34. The molecule has 214 valence electrons. The van der Waals surface area contributed by atoms with Crippen LogP contribution in [0.5, 0.6) is 0 Å². The first kappa shape index (κ1) is 31.5. The van der Waals surface area contributed by atoms with Gasteiger partial charge in [0.2, 0.25) is 11.8 Å².